The van der Waals surface area contributed by atoms with E-state index in [-0.39, 0.29) is 23.8 Å². The average Bonchev–Trinajstić information content (AvgIpc) is 2.70. The first-order chi connectivity index (χ1) is 12.3. The Hall–Kier alpha value is -1.64. The van der Waals surface area contributed by atoms with Gasteiger partial charge in [-0.2, -0.15) is 0 Å². The van der Waals surface area contributed by atoms with E-state index >= 15 is 0 Å². The molecule has 1 saturated carbocycles. The van der Waals surface area contributed by atoms with Crippen LogP contribution in [-0.2, 0) is 5.54 Å². The zero-order chi connectivity index (χ0) is 17.1. The summed E-state index contributed by atoms with van der Waals surface area (Å²) in [7, 11) is 0. The smallest absolute Gasteiger partial charge is 0.123 e. The first kappa shape index (κ1) is 19.1. The minimum Gasteiger partial charge on any atom is -0.290 e. The molecule has 1 aliphatic carbocycles. The van der Waals surface area contributed by atoms with E-state index in [1.165, 1.54) is 48.8 Å². The minimum absolute atomic E-state index is 0. The van der Waals surface area contributed by atoms with E-state index in [1.807, 2.05) is 12.1 Å². The van der Waals surface area contributed by atoms with E-state index < -0.39 is 0 Å². The van der Waals surface area contributed by atoms with E-state index in [0.717, 1.165) is 19.5 Å². The van der Waals surface area contributed by atoms with E-state index in [0.29, 0.717) is 0 Å². The van der Waals surface area contributed by atoms with Crippen molar-refractivity contribution in [1.82, 2.24) is 4.90 Å². The molecule has 2 aromatic carbocycles. The number of hydrogen-bond donors (Lipinski definition) is 0. The predicted molar refractivity (Wildman–Crippen MR) is 109 cm³/mol. The molecule has 0 unspecified atom stereocenters. The molecule has 1 fully saturated rings. The van der Waals surface area contributed by atoms with Gasteiger partial charge < -0.3 is 0 Å². The Bertz CT molecular complexity index is 733. The maximum atomic E-state index is 13.2. The van der Waals surface area contributed by atoms with Crippen LogP contribution in [0.2, 0.25) is 0 Å². The molecule has 0 aromatic heterocycles. The van der Waals surface area contributed by atoms with Crippen LogP contribution in [0, 0.1) is 5.82 Å². The van der Waals surface area contributed by atoms with Crippen molar-refractivity contribution in [3.05, 3.63) is 77.6 Å². The zero-order valence-corrected chi connectivity index (χ0v) is 16.0. The lowest BCUT2D eigenvalue weighted by Gasteiger charge is -2.48. The highest BCUT2D eigenvalue weighted by Gasteiger charge is 2.39. The van der Waals surface area contributed by atoms with E-state index in [1.54, 1.807) is 12.1 Å². The summed E-state index contributed by atoms with van der Waals surface area (Å²) in [6.45, 7) is 2.07. The number of nitrogens with zero attached hydrogens (tertiary/aromatic N) is 1. The molecule has 4 rings (SSSR count). The molecule has 0 amide bonds. The second-order valence-electron chi connectivity index (χ2n) is 7.39. The van der Waals surface area contributed by atoms with Crippen molar-refractivity contribution in [2.75, 3.05) is 13.1 Å². The molecule has 2 aliphatic rings. The van der Waals surface area contributed by atoms with Gasteiger partial charge in [0.25, 0.3) is 0 Å². The molecule has 0 radical (unpaired) electrons. The van der Waals surface area contributed by atoms with Crippen molar-refractivity contribution in [3.63, 3.8) is 0 Å². The van der Waals surface area contributed by atoms with Gasteiger partial charge in [0.2, 0.25) is 0 Å². The van der Waals surface area contributed by atoms with Crippen molar-refractivity contribution >= 4 is 18.0 Å². The lowest BCUT2D eigenvalue weighted by molar-refractivity contribution is 0.0569. The summed E-state index contributed by atoms with van der Waals surface area (Å²) in [4.78, 5) is 2.69. The third-order valence-corrected chi connectivity index (χ3v) is 6.02. The van der Waals surface area contributed by atoms with Crippen molar-refractivity contribution < 1.29 is 4.39 Å². The van der Waals surface area contributed by atoms with Crippen LogP contribution in [0.25, 0.3) is 5.57 Å². The van der Waals surface area contributed by atoms with Crippen molar-refractivity contribution in [2.24, 2.45) is 0 Å². The van der Waals surface area contributed by atoms with E-state index in [2.05, 4.69) is 41.3 Å². The van der Waals surface area contributed by atoms with Gasteiger partial charge in [0.15, 0.2) is 0 Å². The summed E-state index contributed by atoms with van der Waals surface area (Å²) in [5, 5.41) is 0. The molecular formula is C23H27ClFN. The highest BCUT2D eigenvalue weighted by atomic mass is 35.5. The Morgan fingerprint density at radius 2 is 1.54 bits per heavy atom. The SMILES string of the molecule is Cl.Fc1ccc(C2=CCN(C3(c4ccccc4)CCCCC3)CC2)cc1. The number of halogens is 2. The first-order valence-corrected chi connectivity index (χ1v) is 9.53. The molecule has 0 spiro atoms. The number of hydrogen-bond acceptors (Lipinski definition) is 1. The summed E-state index contributed by atoms with van der Waals surface area (Å²) < 4.78 is 13.2. The molecule has 1 aliphatic heterocycles. The monoisotopic (exact) mass is 371 g/mol. The Kier molecular flexibility index (Phi) is 6.16. The molecule has 3 heteroatoms. The maximum absolute atomic E-state index is 13.2. The zero-order valence-electron chi connectivity index (χ0n) is 15.2. The lowest BCUT2D eigenvalue weighted by Crippen LogP contribution is -2.49. The summed E-state index contributed by atoms with van der Waals surface area (Å²) in [6, 6.07) is 18.0. The second-order valence-corrected chi connectivity index (χ2v) is 7.39. The van der Waals surface area contributed by atoms with Crippen molar-refractivity contribution in [2.45, 2.75) is 44.1 Å². The van der Waals surface area contributed by atoms with E-state index in [4.69, 9.17) is 0 Å². The fourth-order valence-corrected chi connectivity index (χ4v) is 4.66. The standard InChI is InChI=1S/C23H26FN.ClH/c24-22-11-9-19(10-12-22)20-13-17-25(18-14-20)23(15-5-2-6-16-23)21-7-3-1-4-8-21;/h1,3-4,7-13H,2,5-6,14-18H2;1H. The lowest BCUT2D eigenvalue weighted by atomic mass is 9.74. The molecule has 138 valence electrons. The molecular weight excluding hydrogens is 345 g/mol. The summed E-state index contributed by atoms with van der Waals surface area (Å²) in [5.41, 5.74) is 4.20. The van der Waals surface area contributed by atoms with E-state index in [9.17, 15) is 4.39 Å². The van der Waals surface area contributed by atoms with Gasteiger partial charge in [0, 0.05) is 18.6 Å². The van der Waals surface area contributed by atoms with Gasteiger partial charge >= 0.3 is 0 Å². The highest BCUT2D eigenvalue weighted by molar-refractivity contribution is 5.85. The third kappa shape index (κ3) is 3.72. The van der Waals surface area contributed by atoms with Crippen molar-refractivity contribution in [1.29, 1.82) is 0 Å². The molecule has 0 bridgehead atoms. The topological polar surface area (TPSA) is 3.24 Å². The molecule has 0 atom stereocenters. The van der Waals surface area contributed by atoms with Gasteiger partial charge in [0.1, 0.15) is 5.82 Å². The van der Waals surface area contributed by atoms with Crippen LogP contribution in [-0.4, -0.2) is 18.0 Å². The summed E-state index contributed by atoms with van der Waals surface area (Å²) >= 11 is 0. The normalized spacial score (nSPS) is 20.1. The van der Waals surface area contributed by atoms with Gasteiger partial charge in [-0.15, -0.1) is 12.4 Å². The Balaban J connectivity index is 0.00000196. The van der Waals surface area contributed by atoms with Gasteiger partial charge in [-0.25, -0.2) is 4.39 Å². The van der Waals surface area contributed by atoms with Gasteiger partial charge in [-0.05, 0) is 48.1 Å². The summed E-state index contributed by atoms with van der Waals surface area (Å²) in [5.74, 6) is -0.160. The van der Waals surface area contributed by atoms with Crippen molar-refractivity contribution in [3.8, 4) is 0 Å². The van der Waals surface area contributed by atoms with Crippen LogP contribution in [0.1, 0.15) is 49.7 Å². The largest absolute Gasteiger partial charge is 0.290 e. The van der Waals surface area contributed by atoms with Crippen LogP contribution in [0.15, 0.2) is 60.7 Å². The fraction of sp³-hybridized carbons (Fsp3) is 0.391. The number of benzene rings is 2. The fourth-order valence-electron chi connectivity index (χ4n) is 4.66. The molecule has 1 heterocycles. The average molecular weight is 372 g/mol. The maximum Gasteiger partial charge on any atom is 0.123 e. The predicted octanol–water partition coefficient (Wildman–Crippen LogP) is 6.20. The summed E-state index contributed by atoms with van der Waals surface area (Å²) in [6.07, 6.45) is 9.92. The Morgan fingerprint density at radius 3 is 2.15 bits per heavy atom. The van der Waals surface area contributed by atoms with Crippen LogP contribution in [0.3, 0.4) is 0 Å². The van der Waals surface area contributed by atoms with Gasteiger partial charge in [-0.3, -0.25) is 4.90 Å². The van der Waals surface area contributed by atoms with Crippen LogP contribution in [0.4, 0.5) is 4.39 Å². The van der Waals surface area contributed by atoms with Gasteiger partial charge in [0.05, 0.1) is 0 Å². The first-order valence-electron chi connectivity index (χ1n) is 9.53. The molecule has 0 saturated heterocycles. The molecule has 1 nitrogen and oxygen atoms in total. The Labute approximate surface area is 162 Å². The molecule has 0 N–H and O–H groups in total. The second kappa shape index (κ2) is 8.37. The third-order valence-electron chi connectivity index (χ3n) is 6.02. The minimum atomic E-state index is -0.160. The number of rotatable bonds is 3. The quantitative estimate of drug-likeness (QED) is 0.621. The van der Waals surface area contributed by atoms with Crippen LogP contribution < -0.4 is 0 Å². The van der Waals surface area contributed by atoms with Crippen LogP contribution in [0.5, 0.6) is 0 Å². The Morgan fingerprint density at radius 1 is 0.846 bits per heavy atom. The molecule has 26 heavy (non-hydrogen) atoms. The van der Waals surface area contributed by atoms with Gasteiger partial charge in [-0.1, -0.05) is 67.8 Å². The molecule has 2 aromatic rings. The van der Waals surface area contributed by atoms with Crippen LogP contribution >= 0.6 is 12.4 Å². The highest BCUT2D eigenvalue weighted by Crippen LogP contribution is 2.43.